The Kier molecular flexibility index (Phi) is 5.80. The third-order valence-electron chi connectivity index (χ3n) is 2.55. The highest BCUT2D eigenvalue weighted by molar-refractivity contribution is 7.87. The van der Waals surface area contributed by atoms with Crippen molar-refractivity contribution in [2.45, 2.75) is 13.0 Å². The molecule has 0 spiro atoms. The molecule has 0 saturated carbocycles. The van der Waals surface area contributed by atoms with E-state index in [0.717, 1.165) is 10.4 Å². The number of hydrogen-bond acceptors (Lipinski definition) is 3. The lowest BCUT2D eigenvalue weighted by molar-refractivity contribution is 0.451. The van der Waals surface area contributed by atoms with Gasteiger partial charge in [0.15, 0.2) is 0 Å². The van der Waals surface area contributed by atoms with Crippen LogP contribution in [0.1, 0.15) is 12.0 Å². The van der Waals surface area contributed by atoms with Crippen LogP contribution >= 0.6 is 0 Å². The lowest BCUT2D eigenvalue weighted by atomic mass is 10.2. The Morgan fingerprint density at radius 1 is 1.37 bits per heavy atom. The summed E-state index contributed by atoms with van der Waals surface area (Å²) in [6.45, 7) is 0.422. The minimum atomic E-state index is -3.69. The number of nitrogens with two attached hydrogens (primary N) is 1. The molecule has 0 saturated heterocycles. The summed E-state index contributed by atoms with van der Waals surface area (Å²) in [5.74, 6) is -1.49. The lowest BCUT2D eigenvalue weighted by Crippen LogP contribution is -2.38. The molecule has 0 aromatic heterocycles. The van der Waals surface area contributed by atoms with Gasteiger partial charge < -0.3 is 5.73 Å². The highest BCUT2D eigenvalue weighted by atomic mass is 32.2. The minimum absolute atomic E-state index is 0.0807. The van der Waals surface area contributed by atoms with E-state index in [1.165, 1.54) is 13.1 Å². The smallest absolute Gasteiger partial charge is 0.279 e. The van der Waals surface area contributed by atoms with E-state index in [2.05, 4.69) is 4.72 Å². The Bertz CT molecular complexity index is 523. The molecular formula is C11H17F2N3O2S. The molecule has 0 aliphatic heterocycles. The average Bonchev–Trinajstić information content (AvgIpc) is 2.34. The molecule has 108 valence electrons. The van der Waals surface area contributed by atoms with Crippen LogP contribution in [0.5, 0.6) is 0 Å². The maximum Gasteiger partial charge on any atom is 0.279 e. The van der Waals surface area contributed by atoms with Gasteiger partial charge in [-0.15, -0.1) is 0 Å². The van der Waals surface area contributed by atoms with Gasteiger partial charge >= 0.3 is 0 Å². The van der Waals surface area contributed by atoms with Crippen LogP contribution in [0.25, 0.3) is 0 Å². The zero-order valence-corrected chi connectivity index (χ0v) is 11.4. The van der Waals surface area contributed by atoms with Crippen LogP contribution in [0.15, 0.2) is 18.2 Å². The topological polar surface area (TPSA) is 75.4 Å². The quantitative estimate of drug-likeness (QED) is 0.772. The summed E-state index contributed by atoms with van der Waals surface area (Å²) in [6.07, 6.45) is 0.530. The fraction of sp³-hybridized carbons (Fsp3) is 0.455. The van der Waals surface area contributed by atoms with E-state index in [1.54, 1.807) is 0 Å². The standard InChI is InChI=1S/C11H17F2N3O2S/c1-16(6-2-5-14)19(17,18)15-8-9-3-4-10(12)7-11(9)13/h3-4,7,15H,2,5-6,8,14H2,1H3. The molecule has 0 aliphatic rings. The van der Waals surface area contributed by atoms with Gasteiger partial charge in [-0.3, -0.25) is 0 Å². The molecule has 19 heavy (non-hydrogen) atoms. The van der Waals surface area contributed by atoms with Crippen molar-refractivity contribution in [3.63, 3.8) is 0 Å². The van der Waals surface area contributed by atoms with E-state index in [-0.39, 0.29) is 18.7 Å². The first-order valence-electron chi connectivity index (χ1n) is 5.71. The molecule has 0 aliphatic carbocycles. The Balaban J connectivity index is 2.64. The molecule has 0 bridgehead atoms. The van der Waals surface area contributed by atoms with Gasteiger partial charge in [-0.25, -0.2) is 8.78 Å². The van der Waals surface area contributed by atoms with Crippen LogP contribution in [0.4, 0.5) is 8.78 Å². The first-order chi connectivity index (χ1) is 8.86. The van der Waals surface area contributed by atoms with Crippen LogP contribution in [0, 0.1) is 11.6 Å². The summed E-state index contributed by atoms with van der Waals surface area (Å²) < 4.78 is 52.9. The molecule has 0 fully saturated rings. The molecule has 0 heterocycles. The maximum atomic E-state index is 13.3. The van der Waals surface area contributed by atoms with E-state index in [9.17, 15) is 17.2 Å². The van der Waals surface area contributed by atoms with Gasteiger partial charge in [0.1, 0.15) is 11.6 Å². The Hall–Kier alpha value is -1.09. The Morgan fingerprint density at radius 3 is 2.63 bits per heavy atom. The lowest BCUT2D eigenvalue weighted by Gasteiger charge is -2.17. The number of nitrogens with zero attached hydrogens (tertiary/aromatic N) is 1. The molecule has 5 nitrogen and oxygen atoms in total. The summed E-state index contributed by atoms with van der Waals surface area (Å²) in [5, 5.41) is 0. The van der Waals surface area contributed by atoms with Crippen molar-refractivity contribution in [1.29, 1.82) is 0 Å². The Labute approximate surface area is 111 Å². The monoisotopic (exact) mass is 293 g/mol. The SMILES string of the molecule is CN(CCCN)S(=O)(=O)NCc1ccc(F)cc1F. The Morgan fingerprint density at radius 2 is 2.05 bits per heavy atom. The second-order valence-corrected chi connectivity index (χ2v) is 5.89. The van der Waals surface area contributed by atoms with E-state index in [1.807, 2.05) is 0 Å². The highest BCUT2D eigenvalue weighted by Gasteiger charge is 2.17. The number of halogens is 2. The van der Waals surface area contributed by atoms with Crippen molar-refractivity contribution < 1.29 is 17.2 Å². The fourth-order valence-corrected chi connectivity index (χ4v) is 2.31. The molecule has 0 amide bonds. The number of rotatable bonds is 7. The van der Waals surface area contributed by atoms with Gasteiger partial charge in [0.05, 0.1) is 0 Å². The fourth-order valence-electron chi connectivity index (χ4n) is 1.38. The van der Waals surface area contributed by atoms with Crippen molar-refractivity contribution in [3.05, 3.63) is 35.4 Å². The molecule has 8 heteroatoms. The molecule has 1 aromatic rings. The molecule has 1 rings (SSSR count). The van der Waals surface area contributed by atoms with Crippen LogP contribution in [-0.2, 0) is 16.8 Å². The van der Waals surface area contributed by atoms with E-state index in [0.29, 0.717) is 19.0 Å². The summed E-state index contributed by atoms with van der Waals surface area (Å²) in [4.78, 5) is 0. The molecule has 1 aromatic carbocycles. The molecule has 3 N–H and O–H groups in total. The molecule has 0 radical (unpaired) electrons. The van der Waals surface area contributed by atoms with Crippen molar-refractivity contribution in [2.24, 2.45) is 5.73 Å². The zero-order valence-electron chi connectivity index (χ0n) is 10.6. The largest absolute Gasteiger partial charge is 0.330 e. The summed E-state index contributed by atoms with van der Waals surface area (Å²) in [6, 6.07) is 2.99. The second kappa shape index (κ2) is 6.90. The van der Waals surface area contributed by atoms with Crippen molar-refractivity contribution in [3.8, 4) is 0 Å². The van der Waals surface area contributed by atoms with Gasteiger partial charge in [0.25, 0.3) is 10.2 Å². The predicted molar refractivity (Wildman–Crippen MR) is 68.4 cm³/mol. The number of hydrogen-bond donors (Lipinski definition) is 2. The summed E-state index contributed by atoms with van der Waals surface area (Å²) >= 11 is 0. The van der Waals surface area contributed by atoms with Gasteiger partial charge in [-0.1, -0.05) is 6.07 Å². The third-order valence-corrected chi connectivity index (χ3v) is 4.06. The first kappa shape index (κ1) is 16.0. The maximum absolute atomic E-state index is 13.3. The molecule has 0 unspecified atom stereocenters. The average molecular weight is 293 g/mol. The normalized spacial score (nSPS) is 12.1. The number of nitrogens with one attached hydrogen (secondary N) is 1. The number of benzene rings is 1. The van der Waals surface area contributed by atoms with Gasteiger partial charge in [0.2, 0.25) is 0 Å². The van der Waals surface area contributed by atoms with E-state index < -0.39 is 21.8 Å². The van der Waals surface area contributed by atoms with E-state index in [4.69, 9.17) is 5.73 Å². The zero-order chi connectivity index (χ0) is 14.5. The highest BCUT2D eigenvalue weighted by Crippen LogP contribution is 2.09. The third kappa shape index (κ3) is 4.83. The van der Waals surface area contributed by atoms with Gasteiger partial charge in [-0.05, 0) is 19.0 Å². The van der Waals surface area contributed by atoms with Crippen molar-refractivity contribution >= 4 is 10.2 Å². The summed E-state index contributed by atoms with van der Waals surface area (Å²) in [7, 11) is -2.29. The van der Waals surface area contributed by atoms with Crippen LogP contribution in [0.2, 0.25) is 0 Å². The predicted octanol–water partition coefficient (Wildman–Crippen LogP) is 0.580. The molecular weight excluding hydrogens is 276 g/mol. The minimum Gasteiger partial charge on any atom is -0.330 e. The van der Waals surface area contributed by atoms with Gasteiger partial charge in [-0.2, -0.15) is 17.4 Å². The van der Waals surface area contributed by atoms with Crippen LogP contribution in [0.3, 0.4) is 0 Å². The molecule has 0 atom stereocenters. The summed E-state index contributed by atoms with van der Waals surface area (Å²) in [5.41, 5.74) is 5.37. The van der Waals surface area contributed by atoms with Crippen LogP contribution in [-0.4, -0.2) is 32.9 Å². The van der Waals surface area contributed by atoms with Crippen LogP contribution < -0.4 is 10.5 Å². The second-order valence-electron chi connectivity index (χ2n) is 4.03. The van der Waals surface area contributed by atoms with E-state index >= 15 is 0 Å². The van der Waals surface area contributed by atoms with Crippen molar-refractivity contribution in [1.82, 2.24) is 9.03 Å². The first-order valence-corrected chi connectivity index (χ1v) is 7.15. The van der Waals surface area contributed by atoms with Crippen molar-refractivity contribution in [2.75, 3.05) is 20.1 Å². The van der Waals surface area contributed by atoms with Gasteiger partial charge in [0, 0.05) is 31.8 Å².